The van der Waals surface area contributed by atoms with Gasteiger partial charge < -0.3 is 24.4 Å². The molecule has 6 heterocycles. The number of hydrogen-bond acceptors (Lipinski definition) is 4. The quantitative estimate of drug-likeness (QED) is 0.335. The van der Waals surface area contributed by atoms with Gasteiger partial charge in [-0.3, -0.25) is 0 Å². The molecule has 2 N–H and O–H groups in total. The predicted octanol–water partition coefficient (Wildman–Crippen LogP) is 5.00. The summed E-state index contributed by atoms with van der Waals surface area (Å²) in [4.78, 5) is 14.4. The Balaban J connectivity index is 0.000000150. The summed E-state index contributed by atoms with van der Waals surface area (Å²) in [5.41, 5.74) is 6.09. The Morgan fingerprint density at radius 1 is 0.558 bits per heavy atom. The van der Waals surface area contributed by atoms with Gasteiger partial charge in [-0.05, 0) is 113 Å². The van der Waals surface area contributed by atoms with Crippen LogP contribution in [0.1, 0.15) is 71.4 Å². The third kappa shape index (κ3) is 6.08. The summed E-state index contributed by atoms with van der Waals surface area (Å²) in [5.74, 6) is 4.98. The molecule has 2 unspecified atom stereocenters. The van der Waals surface area contributed by atoms with E-state index in [0.29, 0.717) is 11.8 Å². The summed E-state index contributed by atoms with van der Waals surface area (Å²) >= 11 is 0. The van der Waals surface area contributed by atoms with Gasteiger partial charge in [0.15, 0.2) is 0 Å². The van der Waals surface area contributed by atoms with Gasteiger partial charge in [-0.2, -0.15) is 0 Å². The van der Waals surface area contributed by atoms with E-state index in [0.717, 1.165) is 37.8 Å². The molecule has 2 aromatic carbocycles. The van der Waals surface area contributed by atoms with Crippen LogP contribution in [0.3, 0.4) is 0 Å². The van der Waals surface area contributed by atoms with Gasteiger partial charge in [0.2, 0.25) is 0 Å². The highest BCUT2D eigenvalue weighted by atomic mass is 16.0. The second-order valence-corrected chi connectivity index (χ2v) is 13.1. The monoisotopic (exact) mass is 580 g/mol. The molecule has 2 aromatic heterocycles. The highest BCUT2D eigenvalue weighted by molar-refractivity contribution is 5.38. The second kappa shape index (κ2) is 13.2. The van der Waals surface area contributed by atoms with E-state index in [9.17, 15) is 0 Å². The molecule has 4 aromatic rings. The lowest BCUT2D eigenvalue weighted by Crippen LogP contribution is -2.33. The normalized spacial score (nSPS) is 22.8. The first-order chi connectivity index (χ1) is 20.7. The van der Waals surface area contributed by atoms with Crippen LogP contribution in [-0.4, -0.2) is 74.7 Å². The van der Waals surface area contributed by atoms with Crippen molar-refractivity contribution in [3.8, 4) is 0 Å². The molecule has 7 nitrogen and oxygen atoms in total. The zero-order valence-corrected chi connectivity index (χ0v) is 25.9. The second-order valence-electron chi connectivity index (χ2n) is 13.1. The molecule has 2 saturated heterocycles. The Labute approximate surface area is 256 Å². The number of aromatic nitrogens is 4. The van der Waals surface area contributed by atoms with Gasteiger partial charge in [0.05, 0.1) is 0 Å². The first-order valence-electron chi connectivity index (χ1n) is 16.2. The molecule has 7 heteroatoms. The molecule has 0 amide bonds. The Kier molecular flexibility index (Phi) is 9.12. The maximum atomic E-state index is 4.74. The minimum atomic E-state index is 0. The minimum absolute atomic E-state index is 0. The zero-order valence-electron chi connectivity index (χ0n) is 25.9. The summed E-state index contributed by atoms with van der Waals surface area (Å²) in [6.45, 7) is 6.98. The lowest BCUT2D eigenvalue weighted by atomic mass is 9.78. The number of rotatable bonds is 2. The van der Waals surface area contributed by atoms with Gasteiger partial charge in [-0.1, -0.05) is 48.5 Å². The van der Waals surface area contributed by atoms with Crippen molar-refractivity contribution in [2.45, 2.75) is 63.5 Å². The first kappa shape index (κ1) is 29.8. The van der Waals surface area contributed by atoms with Crippen molar-refractivity contribution in [3.05, 3.63) is 107 Å². The van der Waals surface area contributed by atoms with Gasteiger partial charge in [0.25, 0.3) is 0 Å². The van der Waals surface area contributed by atoms with E-state index in [4.69, 9.17) is 9.97 Å². The lowest BCUT2D eigenvalue weighted by molar-refractivity contribution is 0.204. The molecule has 43 heavy (non-hydrogen) atoms. The highest BCUT2D eigenvalue weighted by Crippen LogP contribution is 2.41. The van der Waals surface area contributed by atoms with Crippen LogP contribution in [0.25, 0.3) is 0 Å². The third-order valence-corrected chi connectivity index (χ3v) is 10.5. The van der Waals surface area contributed by atoms with E-state index in [-0.39, 0.29) is 5.48 Å². The maximum absolute atomic E-state index is 4.74. The average molecular weight is 581 g/mol. The summed E-state index contributed by atoms with van der Waals surface area (Å²) in [6.07, 6.45) is 15.6. The number of imidazole rings is 2. The molecule has 0 saturated carbocycles. The fraction of sp³-hybridized carbons (Fsp3) is 0.500. The minimum Gasteiger partial charge on any atom is -0.412 e. The van der Waals surface area contributed by atoms with Gasteiger partial charge in [-0.25, -0.2) is 9.97 Å². The van der Waals surface area contributed by atoms with Crippen LogP contribution in [0.4, 0.5) is 0 Å². The Morgan fingerprint density at radius 2 is 0.953 bits per heavy atom. The third-order valence-electron chi connectivity index (χ3n) is 10.5. The Morgan fingerprint density at radius 3 is 1.37 bits per heavy atom. The molecule has 8 rings (SSSR count). The molecule has 2 atom stereocenters. The number of nitrogens with zero attached hydrogens (tertiary/aromatic N) is 6. The predicted molar refractivity (Wildman–Crippen MR) is 172 cm³/mol. The summed E-state index contributed by atoms with van der Waals surface area (Å²) in [5, 5.41) is 0. The number of benzene rings is 2. The molecule has 228 valence electrons. The summed E-state index contributed by atoms with van der Waals surface area (Å²) in [7, 11) is 4.47. The maximum Gasteiger partial charge on any atom is 0.116 e. The van der Waals surface area contributed by atoms with Crippen molar-refractivity contribution < 1.29 is 5.48 Å². The van der Waals surface area contributed by atoms with E-state index in [1.165, 1.54) is 85.8 Å². The molecule has 2 fully saturated rings. The summed E-state index contributed by atoms with van der Waals surface area (Å²) < 4.78 is 4.76. The Bertz CT molecular complexity index is 1360. The number of hydrogen-bond donors (Lipinski definition) is 0. The fourth-order valence-corrected chi connectivity index (χ4v) is 8.12. The molecule has 4 aliphatic rings. The van der Waals surface area contributed by atoms with Gasteiger partial charge >= 0.3 is 0 Å². The van der Waals surface area contributed by atoms with E-state index >= 15 is 0 Å². The smallest absolute Gasteiger partial charge is 0.116 e. The molecular weight excluding hydrogens is 532 g/mol. The molecule has 0 spiro atoms. The van der Waals surface area contributed by atoms with Crippen molar-refractivity contribution in [1.29, 1.82) is 0 Å². The van der Waals surface area contributed by atoms with Crippen LogP contribution in [0.15, 0.2) is 73.3 Å². The zero-order chi connectivity index (χ0) is 28.5. The van der Waals surface area contributed by atoms with E-state index in [2.05, 4.69) is 94.0 Å². The van der Waals surface area contributed by atoms with Crippen molar-refractivity contribution in [2.24, 2.45) is 11.8 Å². The molecular formula is C36H48N6O. The highest BCUT2D eigenvalue weighted by Gasteiger charge is 2.34. The van der Waals surface area contributed by atoms with Crippen molar-refractivity contribution >= 4 is 0 Å². The van der Waals surface area contributed by atoms with Gasteiger partial charge in [0.1, 0.15) is 11.6 Å². The lowest BCUT2D eigenvalue weighted by Gasteiger charge is -2.34. The Hall–Kier alpha value is -3.26. The number of fused-ring (bicyclic) bond motifs is 4. The van der Waals surface area contributed by atoms with Crippen LogP contribution in [0.2, 0.25) is 0 Å². The van der Waals surface area contributed by atoms with E-state index < -0.39 is 0 Å². The van der Waals surface area contributed by atoms with Crippen LogP contribution < -0.4 is 0 Å². The van der Waals surface area contributed by atoms with Crippen LogP contribution in [0.5, 0.6) is 0 Å². The molecule has 0 bridgehead atoms. The molecule has 0 aliphatic carbocycles. The standard InChI is InChI=1S/2C18H23N3.H2O/c2*1-20-10-6-15(7-11-20)17-16-5-3-2-4-14(16)8-12-21-13-9-19-18(17)21;/h2*2-5,9,13,15,17H,6-8,10-12H2,1H3;1H2. The molecule has 4 aliphatic heterocycles. The number of likely N-dealkylation sites (tertiary alicyclic amines) is 2. The van der Waals surface area contributed by atoms with Gasteiger partial charge in [-0.15, -0.1) is 0 Å². The van der Waals surface area contributed by atoms with Crippen LogP contribution in [0, 0.1) is 11.8 Å². The van der Waals surface area contributed by atoms with Crippen molar-refractivity contribution in [1.82, 2.24) is 28.9 Å². The first-order valence-corrected chi connectivity index (χ1v) is 16.2. The van der Waals surface area contributed by atoms with Crippen molar-refractivity contribution in [2.75, 3.05) is 40.3 Å². The average Bonchev–Trinajstić information content (AvgIpc) is 3.62. The largest absolute Gasteiger partial charge is 0.412 e. The summed E-state index contributed by atoms with van der Waals surface area (Å²) in [6, 6.07) is 18.0. The van der Waals surface area contributed by atoms with Crippen molar-refractivity contribution in [3.63, 3.8) is 0 Å². The van der Waals surface area contributed by atoms with Gasteiger partial charge in [0, 0.05) is 49.7 Å². The van der Waals surface area contributed by atoms with Crippen LogP contribution in [-0.2, 0) is 25.9 Å². The number of piperidine rings is 2. The molecule has 0 radical (unpaired) electrons. The van der Waals surface area contributed by atoms with E-state index in [1.54, 1.807) is 0 Å². The fourth-order valence-electron chi connectivity index (χ4n) is 8.12. The van der Waals surface area contributed by atoms with E-state index in [1.807, 2.05) is 12.4 Å². The van der Waals surface area contributed by atoms with Crippen LogP contribution >= 0.6 is 0 Å². The SMILES string of the molecule is CN1CCC(C2c3ccccc3CCn3ccnc32)CC1.CN1CCC(C2c3ccccc3CCn3ccnc32)CC1.O. The number of aryl methyl sites for hydroxylation is 4. The topological polar surface area (TPSA) is 73.6 Å².